The van der Waals surface area contributed by atoms with Crippen LogP contribution in [-0.4, -0.2) is 55.1 Å². The first kappa shape index (κ1) is 19.6. The second-order valence-corrected chi connectivity index (χ2v) is 9.52. The average molecular weight is 401 g/mol. The first-order valence-corrected chi connectivity index (χ1v) is 11.6. The van der Waals surface area contributed by atoms with Crippen molar-refractivity contribution in [3.8, 4) is 0 Å². The van der Waals surface area contributed by atoms with Gasteiger partial charge in [0.05, 0.1) is 5.92 Å². The number of piperidine rings is 1. The van der Waals surface area contributed by atoms with E-state index in [1.165, 1.54) is 53.7 Å². The third kappa shape index (κ3) is 4.66. The normalized spacial score (nSPS) is 21.6. The number of carbonyl (C=O) groups is 1. The molecule has 1 atom stereocenters. The van der Waals surface area contributed by atoms with Gasteiger partial charge in [-0.15, -0.1) is 11.3 Å². The molecule has 4 rings (SSSR count). The van der Waals surface area contributed by atoms with Gasteiger partial charge >= 0.3 is 0 Å². The molecule has 0 aromatic carbocycles. The molecule has 2 aliphatic rings. The molecular formula is C22H32N4OS. The fourth-order valence-electron chi connectivity index (χ4n) is 4.55. The number of pyridine rings is 1. The van der Waals surface area contributed by atoms with Gasteiger partial charge in [0.1, 0.15) is 5.82 Å². The van der Waals surface area contributed by atoms with Crippen LogP contribution in [0.1, 0.15) is 43.4 Å². The molecule has 0 saturated carbocycles. The van der Waals surface area contributed by atoms with Gasteiger partial charge < -0.3 is 15.1 Å². The van der Waals surface area contributed by atoms with Crippen molar-refractivity contribution >= 4 is 33.1 Å². The Labute approximate surface area is 172 Å². The Morgan fingerprint density at radius 1 is 1.21 bits per heavy atom. The maximum Gasteiger partial charge on any atom is 0.224 e. The third-order valence-corrected chi connectivity index (χ3v) is 7.08. The van der Waals surface area contributed by atoms with E-state index in [9.17, 15) is 4.79 Å². The van der Waals surface area contributed by atoms with Gasteiger partial charge in [-0.1, -0.05) is 12.8 Å². The summed E-state index contributed by atoms with van der Waals surface area (Å²) in [5.74, 6) is 1.33. The maximum absolute atomic E-state index is 12.8. The van der Waals surface area contributed by atoms with Crippen LogP contribution in [-0.2, 0) is 4.79 Å². The van der Waals surface area contributed by atoms with E-state index in [0.717, 1.165) is 44.8 Å². The number of hydrogen-bond acceptors (Lipinski definition) is 5. The largest absolute Gasteiger partial charge is 0.355 e. The molecule has 152 valence electrons. The van der Waals surface area contributed by atoms with E-state index in [-0.39, 0.29) is 11.8 Å². The van der Waals surface area contributed by atoms with E-state index in [0.29, 0.717) is 0 Å². The van der Waals surface area contributed by atoms with Crippen LogP contribution < -0.4 is 10.2 Å². The molecule has 2 aliphatic heterocycles. The Morgan fingerprint density at radius 3 is 2.86 bits per heavy atom. The van der Waals surface area contributed by atoms with Crippen molar-refractivity contribution in [1.82, 2.24) is 15.2 Å². The smallest absolute Gasteiger partial charge is 0.224 e. The molecule has 2 fully saturated rings. The van der Waals surface area contributed by atoms with Crippen molar-refractivity contribution in [3.05, 3.63) is 23.2 Å². The van der Waals surface area contributed by atoms with Gasteiger partial charge in [-0.25, -0.2) is 4.98 Å². The average Bonchev–Trinajstić information content (AvgIpc) is 2.91. The topological polar surface area (TPSA) is 48.5 Å². The summed E-state index contributed by atoms with van der Waals surface area (Å²) >= 11 is 1.81. The molecule has 0 unspecified atom stereocenters. The third-order valence-electron chi connectivity index (χ3n) is 6.07. The lowest BCUT2D eigenvalue weighted by molar-refractivity contribution is -0.125. The molecule has 2 saturated heterocycles. The Hall–Kier alpha value is -1.66. The molecule has 2 aromatic rings. The quantitative estimate of drug-likeness (QED) is 0.829. The summed E-state index contributed by atoms with van der Waals surface area (Å²) in [6.07, 6.45) is 9.23. The summed E-state index contributed by atoms with van der Waals surface area (Å²) in [7, 11) is 0. The molecule has 0 spiro atoms. The molecular weight excluding hydrogens is 368 g/mol. The highest BCUT2D eigenvalue weighted by molar-refractivity contribution is 7.19. The standard InChI is InChI=1S/C22H32N4OS/c1-17-15-19-20(28-17)8-9-23-21(19)26-13-6-7-18(16-26)22(27)24-10-14-25-11-4-2-3-5-12-25/h8-9,15,18H,2-7,10-14,16H2,1H3,(H,24,27)/t18-/m1/s1. The van der Waals surface area contributed by atoms with Gasteiger partial charge in [-0.05, 0) is 57.8 Å². The highest BCUT2D eigenvalue weighted by atomic mass is 32.1. The predicted molar refractivity (Wildman–Crippen MR) is 117 cm³/mol. The molecule has 2 aromatic heterocycles. The number of aromatic nitrogens is 1. The lowest BCUT2D eigenvalue weighted by atomic mass is 9.97. The summed E-state index contributed by atoms with van der Waals surface area (Å²) < 4.78 is 1.28. The first-order chi connectivity index (χ1) is 13.7. The Balaban J connectivity index is 1.33. The number of nitrogens with one attached hydrogen (secondary N) is 1. The number of nitrogens with zero attached hydrogens (tertiary/aromatic N) is 3. The van der Waals surface area contributed by atoms with E-state index < -0.39 is 0 Å². The van der Waals surface area contributed by atoms with Gasteiger partial charge in [-0.3, -0.25) is 4.79 Å². The highest BCUT2D eigenvalue weighted by Gasteiger charge is 2.27. The van der Waals surface area contributed by atoms with Crippen molar-refractivity contribution in [1.29, 1.82) is 0 Å². The molecule has 0 bridgehead atoms. The van der Waals surface area contributed by atoms with Gasteiger partial charge in [-0.2, -0.15) is 0 Å². The van der Waals surface area contributed by atoms with Crippen LogP contribution in [0.3, 0.4) is 0 Å². The van der Waals surface area contributed by atoms with Crippen molar-refractivity contribution in [3.63, 3.8) is 0 Å². The van der Waals surface area contributed by atoms with E-state index in [1.54, 1.807) is 0 Å². The molecule has 28 heavy (non-hydrogen) atoms. The summed E-state index contributed by atoms with van der Waals surface area (Å²) in [4.78, 5) is 23.6. The van der Waals surface area contributed by atoms with Gasteiger partial charge in [0.15, 0.2) is 0 Å². The second-order valence-electron chi connectivity index (χ2n) is 8.24. The van der Waals surface area contributed by atoms with Crippen molar-refractivity contribution in [2.45, 2.75) is 45.4 Å². The summed E-state index contributed by atoms with van der Waals surface area (Å²) in [5, 5.41) is 4.44. The highest BCUT2D eigenvalue weighted by Crippen LogP contribution is 2.33. The van der Waals surface area contributed by atoms with Crippen LogP contribution in [0.2, 0.25) is 0 Å². The van der Waals surface area contributed by atoms with Gasteiger partial charge in [0.25, 0.3) is 0 Å². The zero-order valence-corrected chi connectivity index (χ0v) is 17.8. The SMILES string of the molecule is Cc1cc2c(N3CCC[C@@H](C(=O)NCCN4CCCCCC4)C3)nccc2s1. The fourth-order valence-corrected chi connectivity index (χ4v) is 5.47. The van der Waals surface area contributed by atoms with Crippen LogP contribution in [0, 0.1) is 12.8 Å². The minimum atomic E-state index is 0.0645. The van der Waals surface area contributed by atoms with Crippen LogP contribution >= 0.6 is 11.3 Å². The fraction of sp³-hybridized carbons (Fsp3) is 0.636. The van der Waals surface area contributed by atoms with E-state index in [1.807, 2.05) is 17.5 Å². The minimum Gasteiger partial charge on any atom is -0.355 e. The van der Waals surface area contributed by atoms with Crippen molar-refractivity contribution < 1.29 is 4.79 Å². The van der Waals surface area contributed by atoms with Crippen LogP contribution in [0.4, 0.5) is 5.82 Å². The minimum absolute atomic E-state index is 0.0645. The molecule has 0 radical (unpaired) electrons. The number of fused-ring (bicyclic) bond motifs is 1. The molecule has 1 N–H and O–H groups in total. The molecule has 4 heterocycles. The van der Waals surface area contributed by atoms with E-state index in [2.05, 4.69) is 39.2 Å². The number of likely N-dealkylation sites (tertiary alicyclic amines) is 1. The number of hydrogen-bond donors (Lipinski definition) is 1. The molecule has 0 aliphatic carbocycles. The molecule has 6 heteroatoms. The van der Waals surface area contributed by atoms with Crippen LogP contribution in [0.5, 0.6) is 0 Å². The van der Waals surface area contributed by atoms with Gasteiger partial charge in [0.2, 0.25) is 5.91 Å². The van der Waals surface area contributed by atoms with Crippen molar-refractivity contribution in [2.75, 3.05) is 44.2 Å². The van der Waals surface area contributed by atoms with E-state index >= 15 is 0 Å². The Kier molecular flexibility index (Phi) is 6.47. The van der Waals surface area contributed by atoms with Crippen LogP contribution in [0.15, 0.2) is 18.3 Å². The first-order valence-electron chi connectivity index (χ1n) is 10.8. The number of aryl methyl sites for hydroxylation is 1. The zero-order chi connectivity index (χ0) is 19.3. The predicted octanol–water partition coefficient (Wildman–Crippen LogP) is 3.81. The summed E-state index contributed by atoms with van der Waals surface area (Å²) in [6.45, 7) is 8.02. The second kappa shape index (κ2) is 9.23. The lowest BCUT2D eigenvalue weighted by Gasteiger charge is -2.33. The van der Waals surface area contributed by atoms with Gasteiger partial charge in [0, 0.05) is 47.3 Å². The number of carbonyl (C=O) groups excluding carboxylic acids is 1. The summed E-state index contributed by atoms with van der Waals surface area (Å²) in [5.41, 5.74) is 0. The molecule has 5 nitrogen and oxygen atoms in total. The summed E-state index contributed by atoms with van der Waals surface area (Å²) in [6, 6.07) is 4.32. The Morgan fingerprint density at radius 2 is 2.04 bits per heavy atom. The lowest BCUT2D eigenvalue weighted by Crippen LogP contribution is -2.45. The number of thiophene rings is 1. The zero-order valence-electron chi connectivity index (χ0n) is 17.0. The maximum atomic E-state index is 12.8. The number of rotatable bonds is 5. The van der Waals surface area contributed by atoms with E-state index in [4.69, 9.17) is 0 Å². The Bertz CT molecular complexity index is 797. The van der Waals surface area contributed by atoms with Crippen LogP contribution in [0.25, 0.3) is 10.1 Å². The monoisotopic (exact) mass is 400 g/mol. The molecule has 1 amide bonds. The number of amides is 1. The number of anilines is 1. The van der Waals surface area contributed by atoms with Crippen molar-refractivity contribution in [2.24, 2.45) is 5.92 Å².